The van der Waals surface area contributed by atoms with Crippen LogP contribution in [-0.4, -0.2) is 11.5 Å². The van der Waals surface area contributed by atoms with Crippen molar-refractivity contribution in [3.8, 4) is 5.75 Å². The van der Waals surface area contributed by atoms with Gasteiger partial charge in [-0.2, -0.15) is 0 Å². The predicted molar refractivity (Wildman–Crippen MR) is 65.1 cm³/mol. The molecular formula is C13H16FNO3. The highest BCUT2D eigenvalue weighted by Crippen LogP contribution is 2.26. The van der Waals surface area contributed by atoms with Crippen molar-refractivity contribution in [2.45, 2.75) is 32.1 Å². The Morgan fingerprint density at radius 2 is 2.00 bits per heavy atom. The third-order valence-corrected chi connectivity index (χ3v) is 3.28. The van der Waals surface area contributed by atoms with Crippen molar-refractivity contribution < 1.29 is 14.1 Å². The Balaban J connectivity index is 1.97. The molecule has 0 unspecified atom stereocenters. The molecule has 0 spiro atoms. The summed E-state index contributed by atoms with van der Waals surface area (Å²) in [6, 6.07) is 3.36. The molecule has 0 amide bonds. The molecule has 1 fully saturated rings. The predicted octanol–water partition coefficient (Wildman–Crippen LogP) is 3.69. The van der Waals surface area contributed by atoms with Crippen molar-refractivity contribution in [3.63, 3.8) is 0 Å². The molecule has 0 aromatic heterocycles. The molecule has 5 heteroatoms. The van der Waals surface area contributed by atoms with Crippen molar-refractivity contribution in [3.05, 3.63) is 34.1 Å². The van der Waals surface area contributed by atoms with Crippen molar-refractivity contribution in [2.24, 2.45) is 5.92 Å². The van der Waals surface area contributed by atoms with Gasteiger partial charge in [0.05, 0.1) is 23.7 Å². The van der Waals surface area contributed by atoms with Crippen LogP contribution >= 0.6 is 0 Å². The second-order valence-electron chi connectivity index (χ2n) is 4.72. The van der Waals surface area contributed by atoms with Gasteiger partial charge in [-0.25, -0.2) is 4.39 Å². The van der Waals surface area contributed by atoms with Crippen LogP contribution in [0.1, 0.15) is 32.1 Å². The summed E-state index contributed by atoms with van der Waals surface area (Å²) in [4.78, 5) is 9.98. The lowest BCUT2D eigenvalue weighted by atomic mass is 9.90. The summed E-state index contributed by atoms with van der Waals surface area (Å²) in [6.07, 6.45) is 5.92. The first-order valence-electron chi connectivity index (χ1n) is 6.23. The van der Waals surface area contributed by atoms with E-state index >= 15 is 0 Å². The van der Waals surface area contributed by atoms with E-state index in [1.807, 2.05) is 0 Å². The van der Waals surface area contributed by atoms with Crippen LogP contribution in [0.15, 0.2) is 18.2 Å². The highest BCUT2D eigenvalue weighted by Gasteiger charge is 2.15. The molecule has 0 saturated heterocycles. The zero-order chi connectivity index (χ0) is 13.0. The Morgan fingerprint density at radius 1 is 1.28 bits per heavy atom. The topological polar surface area (TPSA) is 52.4 Å². The van der Waals surface area contributed by atoms with Crippen LogP contribution in [0.2, 0.25) is 0 Å². The molecule has 1 aromatic carbocycles. The standard InChI is InChI=1S/C13H16FNO3/c14-11-6-12(15(16)17)8-13(7-11)18-9-10-4-2-1-3-5-10/h6-8,10H,1-5,9H2. The number of nitro groups is 1. The Morgan fingerprint density at radius 3 is 2.67 bits per heavy atom. The number of ether oxygens (including phenoxy) is 1. The number of halogens is 1. The monoisotopic (exact) mass is 253 g/mol. The Bertz CT molecular complexity index is 430. The first-order chi connectivity index (χ1) is 8.65. The molecule has 0 aliphatic heterocycles. The zero-order valence-corrected chi connectivity index (χ0v) is 10.1. The van der Waals surface area contributed by atoms with Gasteiger partial charge in [-0.05, 0) is 18.8 Å². The van der Waals surface area contributed by atoms with E-state index in [0.717, 1.165) is 18.9 Å². The molecule has 1 aliphatic rings. The van der Waals surface area contributed by atoms with Gasteiger partial charge in [0.1, 0.15) is 11.6 Å². The molecule has 0 atom stereocenters. The van der Waals surface area contributed by atoms with Gasteiger partial charge in [0.25, 0.3) is 5.69 Å². The Kier molecular flexibility index (Phi) is 4.12. The molecule has 98 valence electrons. The number of rotatable bonds is 4. The largest absolute Gasteiger partial charge is 0.493 e. The molecule has 1 aromatic rings. The second-order valence-corrected chi connectivity index (χ2v) is 4.72. The van der Waals surface area contributed by atoms with Crippen molar-refractivity contribution >= 4 is 5.69 Å². The first kappa shape index (κ1) is 12.8. The van der Waals surface area contributed by atoms with Crippen molar-refractivity contribution in [2.75, 3.05) is 6.61 Å². The number of nitrogens with zero attached hydrogens (tertiary/aromatic N) is 1. The lowest BCUT2D eigenvalue weighted by molar-refractivity contribution is -0.385. The van der Waals surface area contributed by atoms with Gasteiger partial charge in [-0.15, -0.1) is 0 Å². The summed E-state index contributed by atoms with van der Waals surface area (Å²) in [5.41, 5.74) is -0.270. The van der Waals surface area contributed by atoms with Crippen LogP contribution in [0.25, 0.3) is 0 Å². The smallest absolute Gasteiger partial charge is 0.276 e. The lowest BCUT2D eigenvalue weighted by Crippen LogP contribution is -2.15. The molecule has 0 bridgehead atoms. The quantitative estimate of drug-likeness (QED) is 0.607. The summed E-state index contributed by atoms with van der Waals surface area (Å²) >= 11 is 0. The van der Waals surface area contributed by atoms with Gasteiger partial charge < -0.3 is 4.74 Å². The fraction of sp³-hybridized carbons (Fsp3) is 0.538. The van der Waals surface area contributed by atoms with Gasteiger partial charge in [0.2, 0.25) is 0 Å². The summed E-state index contributed by atoms with van der Waals surface area (Å²) < 4.78 is 18.6. The van der Waals surface area contributed by atoms with Gasteiger partial charge in [-0.3, -0.25) is 10.1 Å². The van der Waals surface area contributed by atoms with Crippen LogP contribution in [-0.2, 0) is 0 Å². The third kappa shape index (κ3) is 3.42. The molecule has 4 nitrogen and oxygen atoms in total. The van der Waals surface area contributed by atoms with Crippen LogP contribution in [0.4, 0.5) is 10.1 Å². The van der Waals surface area contributed by atoms with E-state index < -0.39 is 10.7 Å². The maximum atomic E-state index is 13.2. The minimum Gasteiger partial charge on any atom is -0.493 e. The molecule has 1 saturated carbocycles. The van der Waals surface area contributed by atoms with Gasteiger partial charge >= 0.3 is 0 Å². The first-order valence-corrected chi connectivity index (χ1v) is 6.23. The van der Waals surface area contributed by atoms with E-state index in [1.165, 1.54) is 31.4 Å². The minimum atomic E-state index is -0.636. The average molecular weight is 253 g/mol. The number of benzene rings is 1. The molecule has 18 heavy (non-hydrogen) atoms. The van der Waals surface area contributed by atoms with Crippen LogP contribution in [0, 0.1) is 21.8 Å². The van der Waals surface area contributed by atoms with Crippen molar-refractivity contribution in [1.29, 1.82) is 0 Å². The third-order valence-electron chi connectivity index (χ3n) is 3.28. The van der Waals surface area contributed by atoms with Crippen LogP contribution in [0.5, 0.6) is 5.75 Å². The maximum absolute atomic E-state index is 13.2. The molecule has 0 N–H and O–H groups in total. The SMILES string of the molecule is O=[N+]([O-])c1cc(F)cc(OCC2CCCCC2)c1. The summed E-state index contributed by atoms with van der Waals surface area (Å²) in [6.45, 7) is 0.514. The normalized spacial score (nSPS) is 16.5. The van der Waals surface area contributed by atoms with Crippen LogP contribution < -0.4 is 4.74 Å². The fourth-order valence-electron chi connectivity index (χ4n) is 2.30. The average Bonchev–Trinajstić information content (AvgIpc) is 2.37. The molecular weight excluding hydrogens is 237 g/mol. The van der Waals surface area contributed by atoms with E-state index in [2.05, 4.69) is 0 Å². The summed E-state index contributed by atoms with van der Waals surface area (Å²) in [5.74, 6) is 0.0937. The van der Waals surface area contributed by atoms with E-state index in [1.54, 1.807) is 0 Å². The molecule has 2 rings (SSSR count). The Hall–Kier alpha value is -1.65. The zero-order valence-electron chi connectivity index (χ0n) is 10.1. The summed E-state index contributed by atoms with van der Waals surface area (Å²) in [5, 5.41) is 10.6. The minimum absolute atomic E-state index is 0.243. The molecule has 1 aliphatic carbocycles. The van der Waals surface area contributed by atoms with E-state index in [9.17, 15) is 14.5 Å². The fourth-order valence-corrected chi connectivity index (χ4v) is 2.30. The number of hydrogen-bond acceptors (Lipinski definition) is 3. The molecule has 0 heterocycles. The van der Waals surface area contributed by atoms with Crippen LogP contribution in [0.3, 0.4) is 0 Å². The number of nitro benzene ring substituents is 1. The van der Waals surface area contributed by atoms with Crippen molar-refractivity contribution in [1.82, 2.24) is 0 Å². The van der Waals surface area contributed by atoms with E-state index in [-0.39, 0.29) is 11.4 Å². The molecule has 0 radical (unpaired) electrons. The highest BCUT2D eigenvalue weighted by atomic mass is 19.1. The van der Waals surface area contributed by atoms with Gasteiger partial charge in [0, 0.05) is 6.07 Å². The van der Waals surface area contributed by atoms with Gasteiger partial charge in [-0.1, -0.05) is 19.3 Å². The van der Waals surface area contributed by atoms with E-state index in [4.69, 9.17) is 4.74 Å². The number of hydrogen-bond donors (Lipinski definition) is 0. The number of non-ortho nitro benzene ring substituents is 1. The van der Waals surface area contributed by atoms with Gasteiger partial charge in [0.15, 0.2) is 0 Å². The highest BCUT2D eigenvalue weighted by molar-refractivity contribution is 5.38. The van der Waals surface area contributed by atoms with E-state index in [0.29, 0.717) is 12.5 Å². The lowest BCUT2D eigenvalue weighted by Gasteiger charge is -2.21. The Labute approximate surface area is 105 Å². The maximum Gasteiger partial charge on any atom is 0.276 e. The summed E-state index contributed by atoms with van der Waals surface area (Å²) in [7, 11) is 0. The second kappa shape index (κ2) is 5.80.